The molecule has 8 nitrogen and oxygen atoms in total. The molecule has 2 heterocycles. The minimum Gasteiger partial charge on any atom is -0.490 e. The topological polar surface area (TPSA) is 105 Å². The first kappa shape index (κ1) is 21.8. The molecule has 0 spiro atoms. The number of hydrogen-bond acceptors (Lipinski definition) is 5. The highest BCUT2D eigenvalue weighted by Crippen LogP contribution is 2.31. The second-order valence-electron chi connectivity index (χ2n) is 8.14. The molecule has 3 N–H and O–H groups in total. The fourth-order valence-electron chi connectivity index (χ4n) is 4.33. The fraction of sp³-hybridized carbons (Fsp3) is 0.375. The van der Waals surface area contributed by atoms with Crippen LogP contribution in [0.1, 0.15) is 31.2 Å². The van der Waals surface area contributed by atoms with E-state index in [1.54, 1.807) is 4.90 Å². The number of ether oxygens (including phenoxy) is 1. The molecule has 3 amide bonds. The summed E-state index contributed by atoms with van der Waals surface area (Å²) >= 11 is 0. The Morgan fingerprint density at radius 2 is 1.91 bits per heavy atom. The molecule has 1 saturated heterocycles. The largest absolute Gasteiger partial charge is 0.490 e. The third-order valence-electron chi connectivity index (χ3n) is 5.88. The number of anilines is 2. The number of nitrogens with two attached hydrogens (primary N) is 1. The van der Waals surface area contributed by atoms with Crippen molar-refractivity contribution in [3.63, 3.8) is 0 Å². The number of benzene rings is 2. The van der Waals surface area contributed by atoms with Gasteiger partial charge in [0, 0.05) is 25.1 Å². The molecule has 2 aromatic carbocycles. The van der Waals surface area contributed by atoms with E-state index in [1.165, 1.54) is 0 Å². The second-order valence-corrected chi connectivity index (χ2v) is 8.14. The highest BCUT2D eigenvalue weighted by atomic mass is 16.5. The molecule has 0 radical (unpaired) electrons. The van der Waals surface area contributed by atoms with E-state index in [9.17, 15) is 14.4 Å². The zero-order chi connectivity index (χ0) is 22.5. The van der Waals surface area contributed by atoms with Gasteiger partial charge in [0.1, 0.15) is 12.4 Å². The fourth-order valence-corrected chi connectivity index (χ4v) is 4.33. The van der Waals surface area contributed by atoms with E-state index in [-0.39, 0.29) is 36.6 Å². The molecule has 32 heavy (non-hydrogen) atoms. The predicted octanol–water partition coefficient (Wildman–Crippen LogP) is 2.28. The van der Waals surface area contributed by atoms with E-state index in [2.05, 4.69) is 10.2 Å². The summed E-state index contributed by atoms with van der Waals surface area (Å²) in [6.07, 6.45) is 1.95. The number of carbonyl (C=O) groups excluding carboxylic acids is 3. The highest BCUT2D eigenvalue weighted by Gasteiger charge is 2.29. The normalized spacial score (nSPS) is 18.0. The number of nitrogens with zero attached hydrogens (tertiary/aromatic N) is 2. The summed E-state index contributed by atoms with van der Waals surface area (Å²) in [5.41, 5.74) is 7.91. The van der Waals surface area contributed by atoms with Crippen molar-refractivity contribution in [3.05, 3.63) is 54.1 Å². The molecule has 1 unspecified atom stereocenters. The Morgan fingerprint density at radius 1 is 1.06 bits per heavy atom. The van der Waals surface area contributed by atoms with Crippen molar-refractivity contribution in [2.24, 2.45) is 5.73 Å². The minimum atomic E-state index is -0.292. The molecule has 4 rings (SSSR count). The van der Waals surface area contributed by atoms with Crippen LogP contribution in [-0.4, -0.2) is 48.4 Å². The van der Waals surface area contributed by atoms with Crippen LogP contribution >= 0.6 is 0 Å². The predicted molar refractivity (Wildman–Crippen MR) is 121 cm³/mol. The number of nitrogens with one attached hydrogen (secondary N) is 1. The number of fused-ring (bicyclic) bond motifs is 1. The van der Waals surface area contributed by atoms with E-state index < -0.39 is 0 Å². The van der Waals surface area contributed by atoms with Gasteiger partial charge in [-0.25, -0.2) is 0 Å². The van der Waals surface area contributed by atoms with Crippen molar-refractivity contribution in [3.8, 4) is 5.75 Å². The summed E-state index contributed by atoms with van der Waals surface area (Å²) in [6, 6.07) is 14.7. The van der Waals surface area contributed by atoms with Gasteiger partial charge < -0.3 is 20.7 Å². The Labute approximate surface area is 187 Å². The lowest BCUT2D eigenvalue weighted by Crippen LogP contribution is -2.39. The average Bonchev–Trinajstić information content (AvgIpc) is 3.26. The first-order valence-electron chi connectivity index (χ1n) is 11.0. The third-order valence-corrected chi connectivity index (χ3v) is 5.88. The molecule has 1 fully saturated rings. The van der Waals surface area contributed by atoms with Crippen molar-refractivity contribution >= 4 is 29.1 Å². The van der Waals surface area contributed by atoms with Crippen LogP contribution in [0.3, 0.4) is 0 Å². The van der Waals surface area contributed by atoms with Gasteiger partial charge in [0.05, 0.1) is 18.3 Å². The Morgan fingerprint density at radius 3 is 2.75 bits per heavy atom. The zero-order valence-electron chi connectivity index (χ0n) is 18.0. The maximum Gasteiger partial charge on any atom is 0.234 e. The zero-order valence-corrected chi connectivity index (χ0v) is 18.0. The summed E-state index contributed by atoms with van der Waals surface area (Å²) < 4.78 is 5.58. The maximum atomic E-state index is 12.7. The number of amides is 3. The van der Waals surface area contributed by atoms with Crippen LogP contribution in [-0.2, 0) is 20.9 Å². The van der Waals surface area contributed by atoms with Crippen LogP contribution in [0.2, 0.25) is 0 Å². The molecule has 8 heteroatoms. The Kier molecular flexibility index (Phi) is 6.70. The molecule has 168 valence electrons. The van der Waals surface area contributed by atoms with Gasteiger partial charge in [0.15, 0.2) is 0 Å². The van der Waals surface area contributed by atoms with Gasteiger partial charge in [-0.1, -0.05) is 24.3 Å². The van der Waals surface area contributed by atoms with Crippen LogP contribution < -0.4 is 20.7 Å². The van der Waals surface area contributed by atoms with Gasteiger partial charge in [0.25, 0.3) is 0 Å². The van der Waals surface area contributed by atoms with Crippen molar-refractivity contribution in [2.75, 3.05) is 29.9 Å². The SMILES string of the molecule is NC(=O)C1CCCN1Cc1cccc(NC(=O)CCC(=O)N2CCOc3ccccc32)c1. The van der Waals surface area contributed by atoms with Gasteiger partial charge in [-0.2, -0.15) is 0 Å². The summed E-state index contributed by atoms with van der Waals surface area (Å²) in [5, 5.41) is 2.87. The third kappa shape index (κ3) is 5.08. The van der Waals surface area contributed by atoms with Crippen molar-refractivity contribution in [1.29, 1.82) is 0 Å². The van der Waals surface area contributed by atoms with Crippen molar-refractivity contribution in [1.82, 2.24) is 4.90 Å². The standard InChI is InChI=1S/C24H28N4O4/c25-24(31)20-8-4-12-27(20)16-17-5-3-6-18(15-17)26-22(29)10-11-23(30)28-13-14-32-21-9-2-1-7-19(21)28/h1-3,5-7,9,15,20H,4,8,10-14,16H2,(H2,25,31)(H,26,29). The van der Waals surface area contributed by atoms with Crippen LogP contribution in [0.5, 0.6) is 5.75 Å². The molecule has 0 aliphatic carbocycles. The second kappa shape index (κ2) is 9.82. The lowest BCUT2D eigenvalue weighted by molar-refractivity contribution is -0.122. The lowest BCUT2D eigenvalue weighted by Gasteiger charge is -2.29. The molecule has 2 aromatic rings. The highest BCUT2D eigenvalue weighted by molar-refractivity contribution is 5.99. The first-order chi connectivity index (χ1) is 15.5. The van der Waals surface area contributed by atoms with Crippen LogP contribution in [0.15, 0.2) is 48.5 Å². The monoisotopic (exact) mass is 436 g/mol. The lowest BCUT2D eigenvalue weighted by atomic mass is 10.1. The maximum absolute atomic E-state index is 12.7. The van der Waals surface area contributed by atoms with E-state index in [4.69, 9.17) is 10.5 Å². The molecular formula is C24H28N4O4. The molecule has 0 aromatic heterocycles. The number of carbonyl (C=O) groups is 3. The number of rotatable bonds is 7. The number of hydrogen-bond donors (Lipinski definition) is 2. The number of primary amides is 1. The molecule has 2 aliphatic heterocycles. The Balaban J connectivity index is 1.31. The summed E-state index contributed by atoms with van der Waals surface area (Å²) in [5.74, 6) is 0.0777. The summed E-state index contributed by atoms with van der Waals surface area (Å²) in [6.45, 7) is 2.35. The van der Waals surface area contributed by atoms with E-state index in [1.807, 2.05) is 48.5 Å². The molecule has 1 atom stereocenters. The van der Waals surface area contributed by atoms with Crippen LogP contribution in [0.4, 0.5) is 11.4 Å². The van der Waals surface area contributed by atoms with Gasteiger partial charge in [-0.3, -0.25) is 19.3 Å². The minimum absolute atomic E-state index is 0.0957. The summed E-state index contributed by atoms with van der Waals surface area (Å²) in [7, 11) is 0. The van der Waals surface area contributed by atoms with E-state index in [0.29, 0.717) is 31.1 Å². The summed E-state index contributed by atoms with van der Waals surface area (Å²) in [4.78, 5) is 40.5. The van der Waals surface area contributed by atoms with E-state index >= 15 is 0 Å². The van der Waals surface area contributed by atoms with Gasteiger partial charge in [-0.05, 0) is 49.2 Å². The Hall–Kier alpha value is -3.39. The van der Waals surface area contributed by atoms with Gasteiger partial charge in [0.2, 0.25) is 17.7 Å². The first-order valence-corrected chi connectivity index (χ1v) is 11.0. The smallest absolute Gasteiger partial charge is 0.234 e. The van der Waals surface area contributed by atoms with Gasteiger partial charge in [-0.15, -0.1) is 0 Å². The molecular weight excluding hydrogens is 408 g/mol. The van der Waals surface area contributed by atoms with Gasteiger partial charge >= 0.3 is 0 Å². The quantitative estimate of drug-likeness (QED) is 0.693. The number of para-hydroxylation sites is 2. The van der Waals surface area contributed by atoms with Crippen LogP contribution in [0, 0.1) is 0 Å². The van der Waals surface area contributed by atoms with E-state index in [0.717, 1.165) is 30.6 Å². The average molecular weight is 437 g/mol. The molecule has 0 saturated carbocycles. The van der Waals surface area contributed by atoms with Crippen LogP contribution in [0.25, 0.3) is 0 Å². The van der Waals surface area contributed by atoms with Crippen molar-refractivity contribution in [2.45, 2.75) is 38.3 Å². The molecule has 0 bridgehead atoms. The number of likely N-dealkylation sites (tertiary alicyclic amines) is 1. The molecule has 2 aliphatic rings. The Bertz CT molecular complexity index is 1010. The van der Waals surface area contributed by atoms with Crippen molar-refractivity contribution < 1.29 is 19.1 Å².